The van der Waals surface area contributed by atoms with E-state index in [4.69, 9.17) is 4.74 Å². The molecule has 2 aliphatic rings. The van der Waals surface area contributed by atoms with Crippen LogP contribution in [0, 0.1) is 16.0 Å². The van der Waals surface area contributed by atoms with Gasteiger partial charge >= 0.3 is 5.97 Å². The number of hydrogen-bond acceptors (Lipinski definition) is 6. The standard InChI is InChI=1S/C14H12N2O5S/c1-8-12(17)15-11(7-22-13(8)15)14(18)21-6-9-2-4-10(5-3-9)16(19)20/h2-5,7-8,13H,6H2,1H3/t8-,13+/m0/s1. The molecule has 2 atom stereocenters. The summed E-state index contributed by atoms with van der Waals surface area (Å²) in [4.78, 5) is 35.3. The van der Waals surface area contributed by atoms with E-state index in [2.05, 4.69) is 0 Å². The number of nitro benzene ring substituents is 1. The van der Waals surface area contributed by atoms with Crippen LogP contribution in [-0.2, 0) is 20.9 Å². The van der Waals surface area contributed by atoms with Crippen LogP contribution < -0.4 is 0 Å². The summed E-state index contributed by atoms with van der Waals surface area (Å²) in [6, 6.07) is 5.76. The Bertz CT molecular complexity index is 685. The van der Waals surface area contributed by atoms with E-state index in [0.29, 0.717) is 5.56 Å². The summed E-state index contributed by atoms with van der Waals surface area (Å²) in [5, 5.41) is 12.2. The van der Waals surface area contributed by atoms with Crippen LogP contribution in [0.5, 0.6) is 0 Å². The Balaban J connectivity index is 1.59. The topological polar surface area (TPSA) is 89.8 Å². The van der Waals surface area contributed by atoms with Crippen LogP contribution in [0.3, 0.4) is 0 Å². The molecule has 0 saturated carbocycles. The van der Waals surface area contributed by atoms with E-state index >= 15 is 0 Å². The van der Waals surface area contributed by atoms with Gasteiger partial charge in [-0.25, -0.2) is 4.79 Å². The zero-order valence-corrected chi connectivity index (χ0v) is 12.4. The highest BCUT2D eigenvalue weighted by Gasteiger charge is 2.51. The Hall–Kier alpha value is -2.35. The van der Waals surface area contributed by atoms with Crippen molar-refractivity contribution < 1.29 is 19.2 Å². The van der Waals surface area contributed by atoms with Gasteiger partial charge in [-0.05, 0) is 17.7 Å². The summed E-state index contributed by atoms with van der Waals surface area (Å²) in [7, 11) is 0. The lowest BCUT2D eigenvalue weighted by Crippen LogP contribution is -2.56. The molecule has 114 valence electrons. The number of thioether (sulfide) groups is 1. The minimum absolute atomic E-state index is 0.00108. The van der Waals surface area contributed by atoms with Crippen molar-refractivity contribution in [2.75, 3.05) is 0 Å². The third-order valence-corrected chi connectivity index (χ3v) is 4.87. The first-order chi connectivity index (χ1) is 10.5. The van der Waals surface area contributed by atoms with E-state index < -0.39 is 10.9 Å². The highest BCUT2D eigenvalue weighted by atomic mass is 32.2. The lowest BCUT2D eigenvalue weighted by atomic mass is 10.0. The molecule has 2 heterocycles. The van der Waals surface area contributed by atoms with Gasteiger partial charge in [-0.15, -0.1) is 11.8 Å². The van der Waals surface area contributed by atoms with Crippen LogP contribution in [0.2, 0.25) is 0 Å². The molecular weight excluding hydrogens is 308 g/mol. The first-order valence-electron chi connectivity index (χ1n) is 6.58. The molecule has 0 spiro atoms. The third kappa shape index (κ3) is 2.35. The maximum Gasteiger partial charge on any atom is 0.355 e. The summed E-state index contributed by atoms with van der Waals surface area (Å²) in [5.74, 6) is -0.719. The fourth-order valence-electron chi connectivity index (χ4n) is 2.32. The first-order valence-corrected chi connectivity index (χ1v) is 7.52. The van der Waals surface area contributed by atoms with E-state index in [1.165, 1.54) is 40.9 Å². The summed E-state index contributed by atoms with van der Waals surface area (Å²) >= 11 is 1.43. The van der Waals surface area contributed by atoms with E-state index in [-0.39, 0.29) is 35.2 Å². The molecule has 0 bridgehead atoms. The Kier molecular flexibility index (Phi) is 3.61. The largest absolute Gasteiger partial charge is 0.456 e. The van der Waals surface area contributed by atoms with Gasteiger partial charge in [-0.1, -0.05) is 6.92 Å². The number of ether oxygens (including phenoxy) is 1. The maximum atomic E-state index is 12.0. The SMILES string of the molecule is C[C@H]1C(=O)N2C(C(=O)OCc3ccc([N+](=O)[O-])cc3)=CS[C@H]12. The Morgan fingerprint density at radius 1 is 1.41 bits per heavy atom. The first kappa shape index (κ1) is 14.6. The molecule has 1 fully saturated rings. The molecule has 1 aromatic carbocycles. The number of rotatable bonds is 4. The van der Waals surface area contributed by atoms with E-state index in [1.54, 1.807) is 5.41 Å². The Morgan fingerprint density at radius 2 is 2.09 bits per heavy atom. The molecule has 1 amide bonds. The molecule has 0 aromatic heterocycles. The average Bonchev–Trinajstić information content (AvgIpc) is 2.93. The lowest BCUT2D eigenvalue weighted by molar-refractivity contribution is -0.384. The number of nitro groups is 1. The fourth-order valence-corrected chi connectivity index (χ4v) is 3.49. The van der Waals surface area contributed by atoms with Gasteiger partial charge in [0.15, 0.2) is 0 Å². The summed E-state index contributed by atoms with van der Waals surface area (Å²) in [6.45, 7) is 1.83. The van der Waals surface area contributed by atoms with E-state index in [1.807, 2.05) is 6.92 Å². The van der Waals surface area contributed by atoms with E-state index in [0.717, 1.165) is 0 Å². The van der Waals surface area contributed by atoms with Gasteiger partial charge in [0, 0.05) is 17.5 Å². The average molecular weight is 320 g/mol. The molecule has 1 saturated heterocycles. The number of β-lactam (4-membered cyclic amide) rings is 1. The van der Waals surface area contributed by atoms with Gasteiger partial charge in [-0.2, -0.15) is 0 Å². The third-order valence-electron chi connectivity index (χ3n) is 3.61. The molecule has 0 N–H and O–H groups in total. The molecule has 0 radical (unpaired) electrons. The van der Waals surface area contributed by atoms with Crippen molar-refractivity contribution in [3.05, 3.63) is 51.0 Å². The Labute approximate surface area is 130 Å². The van der Waals surface area contributed by atoms with Crippen LogP contribution in [0.25, 0.3) is 0 Å². The van der Waals surface area contributed by atoms with Crippen molar-refractivity contribution in [2.24, 2.45) is 5.92 Å². The molecule has 7 nitrogen and oxygen atoms in total. The van der Waals surface area contributed by atoms with Crippen molar-refractivity contribution in [1.29, 1.82) is 0 Å². The van der Waals surface area contributed by atoms with Crippen molar-refractivity contribution in [3.8, 4) is 0 Å². The predicted molar refractivity (Wildman–Crippen MR) is 78.4 cm³/mol. The van der Waals surface area contributed by atoms with Crippen molar-refractivity contribution in [2.45, 2.75) is 18.9 Å². The maximum absolute atomic E-state index is 12.0. The minimum atomic E-state index is -0.561. The zero-order valence-electron chi connectivity index (χ0n) is 11.6. The molecule has 8 heteroatoms. The predicted octanol–water partition coefficient (Wildman–Crippen LogP) is 2.03. The van der Waals surface area contributed by atoms with Gasteiger partial charge in [0.05, 0.1) is 16.2 Å². The number of hydrogen-bond donors (Lipinski definition) is 0. The number of carbonyl (C=O) groups is 2. The second-order valence-electron chi connectivity index (χ2n) is 5.03. The molecule has 0 aliphatic carbocycles. The molecule has 3 rings (SSSR count). The number of carbonyl (C=O) groups excluding carboxylic acids is 2. The van der Waals surface area contributed by atoms with Gasteiger partial charge in [0.25, 0.3) is 5.69 Å². The normalized spacial score (nSPS) is 22.7. The molecule has 2 aliphatic heterocycles. The van der Waals surface area contributed by atoms with Crippen LogP contribution in [0.4, 0.5) is 5.69 Å². The minimum Gasteiger partial charge on any atom is -0.456 e. The van der Waals surface area contributed by atoms with Crippen molar-refractivity contribution >= 4 is 29.3 Å². The number of amides is 1. The quantitative estimate of drug-likeness (QED) is 0.365. The molecular formula is C14H12N2O5S. The molecule has 1 aromatic rings. The highest BCUT2D eigenvalue weighted by molar-refractivity contribution is 8.03. The zero-order chi connectivity index (χ0) is 15.9. The summed E-state index contributed by atoms with van der Waals surface area (Å²) in [5.41, 5.74) is 0.887. The second kappa shape index (κ2) is 5.45. The van der Waals surface area contributed by atoms with E-state index in [9.17, 15) is 19.7 Å². The van der Waals surface area contributed by atoms with Gasteiger partial charge in [0.2, 0.25) is 5.91 Å². The van der Waals surface area contributed by atoms with Crippen LogP contribution in [0.1, 0.15) is 12.5 Å². The lowest BCUT2D eigenvalue weighted by Gasteiger charge is -2.40. The number of non-ortho nitro benzene ring substituents is 1. The van der Waals surface area contributed by atoms with Gasteiger partial charge in [0.1, 0.15) is 12.3 Å². The van der Waals surface area contributed by atoms with Crippen LogP contribution in [0.15, 0.2) is 35.4 Å². The monoisotopic (exact) mass is 320 g/mol. The van der Waals surface area contributed by atoms with Crippen molar-refractivity contribution in [1.82, 2.24) is 4.90 Å². The smallest absolute Gasteiger partial charge is 0.355 e. The summed E-state index contributed by atoms with van der Waals surface area (Å²) in [6.07, 6.45) is 0. The molecule has 0 unspecified atom stereocenters. The highest BCUT2D eigenvalue weighted by Crippen LogP contribution is 2.44. The van der Waals surface area contributed by atoms with Gasteiger partial charge < -0.3 is 4.74 Å². The Morgan fingerprint density at radius 3 is 2.73 bits per heavy atom. The fraction of sp³-hybridized carbons (Fsp3) is 0.286. The van der Waals surface area contributed by atoms with Gasteiger partial charge in [-0.3, -0.25) is 19.8 Å². The molecule has 22 heavy (non-hydrogen) atoms. The number of fused-ring (bicyclic) bond motifs is 1. The second-order valence-corrected chi connectivity index (χ2v) is 6.02. The van der Waals surface area contributed by atoms with Crippen LogP contribution in [-0.4, -0.2) is 27.1 Å². The number of nitrogens with zero attached hydrogens (tertiary/aromatic N) is 2. The van der Waals surface area contributed by atoms with Crippen molar-refractivity contribution in [3.63, 3.8) is 0 Å². The number of esters is 1. The number of benzene rings is 1. The van der Waals surface area contributed by atoms with Crippen LogP contribution >= 0.6 is 11.8 Å². The summed E-state index contributed by atoms with van der Waals surface area (Å²) < 4.78 is 5.16.